The molecule has 0 amide bonds. The van der Waals surface area contributed by atoms with E-state index in [2.05, 4.69) is 215 Å². The molecule has 16 nitrogen and oxygen atoms in total. The number of esters is 3. The zero-order valence-corrected chi connectivity index (χ0v) is 75.1. The highest BCUT2D eigenvalue weighted by atomic mass is 31.2. The molecule has 0 radical (unpaired) electrons. The lowest BCUT2D eigenvalue weighted by Crippen LogP contribution is -2.30. The molecule has 0 rings (SSSR count). The zero-order chi connectivity index (χ0) is 85.1. The monoisotopic (exact) mass is 1670 g/mol. The molecule has 5 atom stereocenters. The van der Waals surface area contributed by atoms with Crippen LogP contribution in [0.4, 0.5) is 0 Å². The Morgan fingerprint density at radius 2 is 0.427 bits per heavy atom. The van der Waals surface area contributed by atoms with Crippen molar-refractivity contribution in [1.29, 1.82) is 0 Å². The average Bonchev–Trinajstić information content (AvgIpc) is 0.901. The van der Waals surface area contributed by atoms with Crippen LogP contribution in [-0.4, -0.2) is 95.9 Å². The second-order valence-corrected chi connectivity index (χ2v) is 32.9. The summed E-state index contributed by atoms with van der Waals surface area (Å²) < 4.78 is 61.4. The van der Waals surface area contributed by atoms with Gasteiger partial charge in [0.25, 0.3) is 0 Å². The normalized spacial score (nSPS) is 14.7. The molecule has 0 bridgehead atoms. The van der Waals surface area contributed by atoms with Crippen LogP contribution in [0.25, 0.3) is 0 Å². The summed E-state index contributed by atoms with van der Waals surface area (Å²) in [6, 6.07) is 0. The first-order valence-electron chi connectivity index (χ1n) is 45.7. The lowest BCUT2D eigenvalue weighted by atomic mass is 10.0. The molecule has 0 aromatic heterocycles. The molecule has 18 heteroatoms. The zero-order valence-electron chi connectivity index (χ0n) is 73.3. The Kier molecular flexibility index (Phi) is 85.3. The topological polar surface area (TPSA) is 231 Å². The van der Waals surface area contributed by atoms with Crippen LogP contribution in [-0.2, 0) is 55.8 Å². The number of rotatable bonds is 85. The Morgan fingerprint density at radius 1 is 0.239 bits per heavy atom. The van der Waals surface area contributed by atoms with Gasteiger partial charge in [-0.15, -0.1) is 0 Å². The molecule has 0 saturated heterocycles. The van der Waals surface area contributed by atoms with Crippen molar-refractivity contribution in [3.05, 3.63) is 194 Å². The number of allylic oxidation sites excluding steroid dienone is 32. The molecule has 666 valence electrons. The number of ether oxygens (including phenoxy) is 3. The lowest BCUT2D eigenvalue weighted by molar-refractivity contribution is -0.161. The van der Waals surface area contributed by atoms with E-state index < -0.39 is 91.5 Å². The van der Waals surface area contributed by atoms with Gasteiger partial charge in [-0.1, -0.05) is 369 Å². The Balaban J connectivity index is 4.56. The summed E-state index contributed by atoms with van der Waals surface area (Å²) in [4.78, 5) is 59.0. The van der Waals surface area contributed by atoms with Crippen molar-refractivity contribution in [2.75, 3.05) is 39.6 Å². The number of carbonyl (C=O) groups excluding carboxylic acids is 3. The van der Waals surface area contributed by atoms with Gasteiger partial charge in [0.05, 0.1) is 26.4 Å². The fraction of sp³-hybridized carbons (Fsp3) is 0.646. The van der Waals surface area contributed by atoms with Crippen molar-refractivity contribution >= 4 is 33.6 Å². The van der Waals surface area contributed by atoms with Crippen molar-refractivity contribution in [3.8, 4) is 0 Å². The fourth-order valence-corrected chi connectivity index (χ4v) is 13.6. The molecule has 117 heavy (non-hydrogen) atoms. The standard InChI is InChI=1S/C99H164O16P2/c1-4-7-10-13-16-19-22-25-28-31-34-37-39-41-42-43-44-45-46-47-48-49-50-52-54-56-58-61-64-67-70-73-76-79-82-85-97(102)109-88-94(100)89-111-116(105,106)112-90-95(101)91-113-117(107,108)114-93-96(115-99(104)87-84-81-78-75-72-69-66-63-60-55-36-33-30-27-24-21-18-15-12-9-6-3)92-110-98(103)86-83-80-77-74-71-68-65-62-59-57-53-51-40-38-35-32-29-26-23-20-17-14-11-8-5-2/h7-12,16-21,25-30,34-38,41-42,51,53,55,59,62-63,66,94-96,100-101H,4-6,13-15,22-24,31-33,39-40,43-50,52,54,56-58,60-61,64-65,67-93H2,1-3H3,(H,105,106)(H,107,108)/b10-7-,11-8-,12-9-,19-16-,20-17-,21-18-,28-25-,29-26-,30-27-,37-34-,38-35-,42-41-,53-51-,55-36-,62-59-,66-63-. The van der Waals surface area contributed by atoms with E-state index in [1.54, 1.807) is 0 Å². The number of aliphatic hydroxyl groups excluding tert-OH is 2. The van der Waals surface area contributed by atoms with Gasteiger partial charge in [-0.25, -0.2) is 9.13 Å². The molecule has 0 saturated carbocycles. The maximum atomic E-state index is 13.0. The van der Waals surface area contributed by atoms with Crippen LogP contribution in [0.2, 0.25) is 0 Å². The molecule has 0 aliphatic rings. The van der Waals surface area contributed by atoms with Gasteiger partial charge < -0.3 is 34.2 Å². The maximum Gasteiger partial charge on any atom is 0.472 e. The SMILES string of the molecule is CC/C=C\C/C=C\C/C=C\C/C=C\C/C=C\C/C=C\CCCCCCCCC(=O)OCC(COP(=O)(O)OCC(O)COP(=O)(O)OCC(O)COC(=O)CCCCCCCCCCCCCCCCCCCCC/C=C\C/C=C\C/C=C\C/C=C\C/C=C\CC)OC(=O)CCCCCCC/C=C\C/C=C\C/C=C\C/C=C\C/C=C\CC. The molecular formula is C99H164O16P2. The van der Waals surface area contributed by atoms with E-state index in [1.165, 1.54) is 103 Å². The van der Waals surface area contributed by atoms with Gasteiger partial charge in [-0.3, -0.25) is 32.5 Å². The number of carbonyl (C=O) groups is 3. The molecule has 0 fully saturated rings. The minimum Gasteiger partial charge on any atom is -0.463 e. The van der Waals surface area contributed by atoms with E-state index in [9.17, 15) is 43.5 Å². The van der Waals surface area contributed by atoms with Crippen LogP contribution in [0.1, 0.15) is 355 Å². The molecule has 0 aromatic carbocycles. The summed E-state index contributed by atoms with van der Waals surface area (Å²) in [7, 11) is -9.83. The first kappa shape index (κ1) is 111. The predicted molar refractivity (Wildman–Crippen MR) is 491 cm³/mol. The highest BCUT2D eigenvalue weighted by Gasteiger charge is 2.29. The predicted octanol–water partition coefficient (Wildman–Crippen LogP) is 28.2. The number of phosphoric ester groups is 2. The van der Waals surface area contributed by atoms with Crippen molar-refractivity contribution in [3.63, 3.8) is 0 Å². The smallest absolute Gasteiger partial charge is 0.463 e. The van der Waals surface area contributed by atoms with Gasteiger partial charge in [-0.05, 0) is 161 Å². The number of hydrogen-bond acceptors (Lipinski definition) is 14. The number of aliphatic hydroxyl groups is 2. The highest BCUT2D eigenvalue weighted by Crippen LogP contribution is 2.45. The van der Waals surface area contributed by atoms with Gasteiger partial charge in [0.15, 0.2) is 6.10 Å². The third-order valence-electron chi connectivity index (χ3n) is 18.8. The van der Waals surface area contributed by atoms with E-state index in [1.807, 2.05) is 0 Å². The van der Waals surface area contributed by atoms with Gasteiger partial charge in [0, 0.05) is 19.3 Å². The minimum atomic E-state index is -4.96. The van der Waals surface area contributed by atoms with Crippen LogP contribution in [0.5, 0.6) is 0 Å². The summed E-state index contributed by atoms with van der Waals surface area (Å²) in [6.07, 6.45) is 119. The van der Waals surface area contributed by atoms with Crippen molar-refractivity contribution in [1.82, 2.24) is 0 Å². The maximum absolute atomic E-state index is 13.0. The molecule has 4 N–H and O–H groups in total. The van der Waals surface area contributed by atoms with Gasteiger partial charge in [0.2, 0.25) is 0 Å². The molecule has 0 aliphatic heterocycles. The molecule has 5 unspecified atom stereocenters. The first-order valence-corrected chi connectivity index (χ1v) is 48.7. The summed E-state index contributed by atoms with van der Waals surface area (Å²) in [5.41, 5.74) is 0. The third-order valence-corrected chi connectivity index (χ3v) is 20.7. The van der Waals surface area contributed by atoms with Crippen LogP contribution >= 0.6 is 15.6 Å². The van der Waals surface area contributed by atoms with Crippen LogP contribution in [0, 0.1) is 0 Å². The third kappa shape index (κ3) is 91.0. The van der Waals surface area contributed by atoms with Gasteiger partial charge >= 0.3 is 33.6 Å². The molecule has 0 heterocycles. The number of phosphoric acid groups is 2. The van der Waals surface area contributed by atoms with Crippen molar-refractivity contribution in [2.45, 2.75) is 373 Å². The number of unbranched alkanes of at least 4 members (excludes halogenated alkanes) is 30. The second-order valence-electron chi connectivity index (χ2n) is 30.0. The quantitative estimate of drug-likeness (QED) is 0.0146. The van der Waals surface area contributed by atoms with E-state index in [0.29, 0.717) is 19.3 Å². The molecule has 0 aromatic rings. The summed E-state index contributed by atoms with van der Waals surface area (Å²) in [5, 5.41) is 20.7. The van der Waals surface area contributed by atoms with Crippen molar-refractivity contribution in [2.24, 2.45) is 0 Å². The molecule has 0 spiro atoms. The van der Waals surface area contributed by atoms with E-state index in [-0.39, 0.29) is 19.3 Å². The fourth-order valence-electron chi connectivity index (χ4n) is 12.0. The second kappa shape index (κ2) is 89.6. The summed E-state index contributed by atoms with van der Waals surface area (Å²) in [5.74, 6) is -1.61. The molecule has 0 aliphatic carbocycles. The summed E-state index contributed by atoms with van der Waals surface area (Å²) >= 11 is 0. The average molecular weight is 1670 g/mol. The van der Waals surface area contributed by atoms with Gasteiger partial charge in [-0.2, -0.15) is 0 Å². The van der Waals surface area contributed by atoms with E-state index >= 15 is 0 Å². The largest absolute Gasteiger partial charge is 0.472 e. The lowest BCUT2D eigenvalue weighted by Gasteiger charge is -2.21. The first-order chi connectivity index (χ1) is 57.2. The van der Waals surface area contributed by atoms with E-state index in [0.717, 1.165) is 193 Å². The number of hydrogen-bond donors (Lipinski definition) is 4. The van der Waals surface area contributed by atoms with Crippen LogP contribution in [0.15, 0.2) is 194 Å². The van der Waals surface area contributed by atoms with E-state index in [4.69, 9.17) is 32.3 Å². The minimum absolute atomic E-state index is 0.0719. The highest BCUT2D eigenvalue weighted by molar-refractivity contribution is 7.47. The Hall–Kier alpha value is -5.61. The van der Waals surface area contributed by atoms with Crippen LogP contribution in [0.3, 0.4) is 0 Å². The van der Waals surface area contributed by atoms with Crippen molar-refractivity contribution < 1.29 is 75.8 Å². The van der Waals surface area contributed by atoms with Gasteiger partial charge in [0.1, 0.15) is 25.4 Å². The molecular weight excluding hydrogens is 1510 g/mol. The Morgan fingerprint density at radius 3 is 0.675 bits per heavy atom. The Bertz CT molecular complexity index is 2910. The Labute approximate surface area is 712 Å². The summed E-state index contributed by atoms with van der Waals surface area (Å²) in [6.45, 7) is 2.32. The van der Waals surface area contributed by atoms with Crippen LogP contribution < -0.4 is 0 Å².